The molecule has 0 aliphatic carbocycles. The van der Waals surface area contributed by atoms with Crippen LogP contribution in [0.15, 0.2) is 82.8 Å². The number of benzene rings is 3. The van der Waals surface area contributed by atoms with E-state index in [2.05, 4.69) is 10.5 Å². The van der Waals surface area contributed by atoms with Crippen LogP contribution in [0.5, 0.6) is 11.5 Å². The number of carbonyl (C=O) groups is 1. The van der Waals surface area contributed by atoms with Crippen molar-refractivity contribution in [1.82, 2.24) is 5.43 Å². The number of hydrogen-bond acceptors (Lipinski definition) is 7. The van der Waals surface area contributed by atoms with Crippen molar-refractivity contribution in [3.05, 3.63) is 78.4 Å². The Kier molecular flexibility index (Phi) is 8.32. The average Bonchev–Trinajstić information content (AvgIpc) is 2.87. The van der Waals surface area contributed by atoms with Crippen LogP contribution in [0, 0.1) is 0 Å². The minimum absolute atomic E-state index is 0.0451. The molecule has 10 heteroatoms. The second-order valence-corrected chi connectivity index (χ2v) is 9.51. The van der Waals surface area contributed by atoms with Crippen LogP contribution in [-0.4, -0.2) is 55.4 Å². The quantitative estimate of drug-likeness (QED) is 0.342. The maximum atomic E-state index is 13.5. The Morgan fingerprint density at radius 1 is 0.914 bits per heavy atom. The maximum absolute atomic E-state index is 13.5. The predicted octanol–water partition coefficient (Wildman–Crippen LogP) is 3.12. The molecule has 0 aliphatic heterocycles. The van der Waals surface area contributed by atoms with Crippen molar-refractivity contribution >= 4 is 33.5 Å². The normalized spacial score (nSPS) is 11.2. The molecular formula is C25H28N4O5S. The van der Waals surface area contributed by atoms with Crippen molar-refractivity contribution in [3.8, 4) is 11.5 Å². The first-order chi connectivity index (χ1) is 16.8. The van der Waals surface area contributed by atoms with Crippen molar-refractivity contribution in [2.75, 3.05) is 44.1 Å². The highest BCUT2D eigenvalue weighted by molar-refractivity contribution is 7.92. The Labute approximate surface area is 205 Å². The topological polar surface area (TPSA) is 101 Å². The summed E-state index contributed by atoms with van der Waals surface area (Å²) in [7, 11) is 2.65. The van der Waals surface area contributed by atoms with E-state index in [1.807, 2.05) is 43.3 Å². The second-order valence-electron chi connectivity index (χ2n) is 7.64. The summed E-state index contributed by atoms with van der Waals surface area (Å²) in [6.45, 7) is -0.475. The first kappa shape index (κ1) is 25.6. The number of amides is 1. The van der Waals surface area contributed by atoms with Gasteiger partial charge >= 0.3 is 0 Å². The summed E-state index contributed by atoms with van der Waals surface area (Å²) < 4.78 is 38.5. The van der Waals surface area contributed by atoms with Crippen LogP contribution >= 0.6 is 0 Å². The Bertz CT molecular complexity index is 1280. The van der Waals surface area contributed by atoms with Crippen LogP contribution in [0.25, 0.3) is 0 Å². The van der Waals surface area contributed by atoms with E-state index < -0.39 is 22.5 Å². The zero-order valence-electron chi connectivity index (χ0n) is 20.0. The summed E-state index contributed by atoms with van der Waals surface area (Å²) in [5, 5.41) is 3.97. The van der Waals surface area contributed by atoms with Crippen LogP contribution in [0.2, 0.25) is 0 Å². The van der Waals surface area contributed by atoms with Crippen molar-refractivity contribution < 1.29 is 22.7 Å². The summed E-state index contributed by atoms with van der Waals surface area (Å²) in [4.78, 5) is 14.6. The molecule has 0 unspecified atom stereocenters. The van der Waals surface area contributed by atoms with Crippen molar-refractivity contribution in [2.45, 2.75) is 4.90 Å². The van der Waals surface area contributed by atoms with E-state index in [4.69, 9.17) is 9.47 Å². The summed E-state index contributed by atoms with van der Waals surface area (Å²) >= 11 is 0. The Morgan fingerprint density at radius 2 is 1.57 bits per heavy atom. The van der Waals surface area contributed by atoms with Crippen LogP contribution in [0.3, 0.4) is 0 Å². The number of rotatable bonds is 10. The van der Waals surface area contributed by atoms with Gasteiger partial charge in [0.2, 0.25) is 0 Å². The van der Waals surface area contributed by atoms with Crippen LogP contribution in [-0.2, 0) is 14.8 Å². The van der Waals surface area contributed by atoms with Crippen LogP contribution in [0.4, 0.5) is 11.4 Å². The summed E-state index contributed by atoms with van der Waals surface area (Å²) in [6.07, 6.45) is 1.49. The summed E-state index contributed by atoms with van der Waals surface area (Å²) in [6, 6.07) is 20.2. The van der Waals surface area contributed by atoms with Gasteiger partial charge in [-0.05, 0) is 42.0 Å². The molecule has 0 heterocycles. The smallest absolute Gasteiger partial charge is 0.264 e. The highest BCUT2D eigenvalue weighted by Gasteiger charge is 2.28. The molecule has 0 bridgehead atoms. The first-order valence-electron chi connectivity index (χ1n) is 10.7. The number of hydrogen-bond donors (Lipinski definition) is 1. The molecule has 0 radical (unpaired) electrons. The fraction of sp³-hybridized carbons (Fsp3) is 0.200. The largest absolute Gasteiger partial charge is 0.493 e. The van der Waals surface area contributed by atoms with E-state index >= 15 is 0 Å². The van der Waals surface area contributed by atoms with Gasteiger partial charge in [0, 0.05) is 25.8 Å². The van der Waals surface area contributed by atoms with Gasteiger partial charge in [-0.2, -0.15) is 5.10 Å². The molecule has 0 spiro atoms. The number of hydrazone groups is 1. The Hall–Kier alpha value is -4.05. The lowest BCUT2D eigenvalue weighted by molar-refractivity contribution is -0.119. The number of methoxy groups -OCH3 is 2. The van der Waals surface area contributed by atoms with Crippen LogP contribution < -0.4 is 24.1 Å². The van der Waals surface area contributed by atoms with Gasteiger partial charge in [-0.1, -0.05) is 30.3 Å². The minimum Gasteiger partial charge on any atom is -0.493 e. The molecule has 0 fully saturated rings. The second kappa shape index (κ2) is 11.4. The fourth-order valence-corrected chi connectivity index (χ4v) is 4.65. The summed E-state index contributed by atoms with van der Waals surface area (Å²) in [5.41, 5.74) is 4.55. The molecular weight excluding hydrogens is 468 g/mol. The van der Waals surface area contributed by atoms with Crippen molar-refractivity contribution in [1.29, 1.82) is 0 Å². The van der Waals surface area contributed by atoms with E-state index in [1.165, 1.54) is 38.6 Å². The highest BCUT2D eigenvalue weighted by atomic mass is 32.2. The molecule has 0 saturated heterocycles. The van der Waals surface area contributed by atoms with E-state index in [1.54, 1.807) is 30.3 Å². The lowest BCUT2D eigenvalue weighted by Crippen LogP contribution is -2.39. The third-order valence-electron chi connectivity index (χ3n) is 5.09. The van der Waals surface area contributed by atoms with E-state index in [-0.39, 0.29) is 10.6 Å². The standard InChI is InChI=1S/C25H28N4O5S/c1-28(2)20-12-10-19(11-13-20)17-26-27-25(30)18-29(21-8-6-5-7-9-21)35(31,32)22-14-15-23(33-3)24(16-22)34-4/h5-17H,18H2,1-4H3,(H,27,30)/b26-17-. The molecule has 3 aromatic rings. The van der Waals surface area contributed by atoms with Crippen molar-refractivity contribution in [2.24, 2.45) is 5.10 Å². The summed E-state index contributed by atoms with van der Waals surface area (Å²) in [5.74, 6) is 0.0541. The zero-order chi connectivity index (χ0) is 25.4. The van der Waals surface area contributed by atoms with Gasteiger partial charge in [-0.3, -0.25) is 9.10 Å². The SMILES string of the molecule is COc1ccc(S(=O)(=O)N(CC(=O)N/N=C\c2ccc(N(C)C)cc2)c2ccccc2)cc1OC. The first-order valence-corrected chi connectivity index (χ1v) is 12.1. The van der Waals surface area contributed by atoms with Gasteiger partial charge in [0.25, 0.3) is 15.9 Å². The molecule has 0 aromatic heterocycles. The lowest BCUT2D eigenvalue weighted by atomic mass is 10.2. The molecule has 1 amide bonds. The molecule has 3 rings (SSSR count). The fourth-order valence-electron chi connectivity index (χ4n) is 3.22. The number of anilines is 2. The van der Waals surface area contributed by atoms with E-state index in [0.29, 0.717) is 11.4 Å². The van der Waals surface area contributed by atoms with Gasteiger partial charge in [-0.15, -0.1) is 0 Å². The van der Waals surface area contributed by atoms with E-state index in [0.717, 1.165) is 15.6 Å². The van der Waals surface area contributed by atoms with Gasteiger partial charge in [-0.25, -0.2) is 13.8 Å². The molecule has 0 aliphatic rings. The molecule has 35 heavy (non-hydrogen) atoms. The zero-order valence-corrected chi connectivity index (χ0v) is 20.8. The van der Waals surface area contributed by atoms with E-state index in [9.17, 15) is 13.2 Å². The molecule has 1 N–H and O–H groups in total. The molecule has 184 valence electrons. The monoisotopic (exact) mass is 496 g/mol. The van der Waals surface area contributed by atoms with Gasteiger partial charge in [0.1, 0.15) is 6.54 Å². The molecule has 0 atom stereocenters. The molecule has 9 nitrogen and oxygen atoms in total. The maximum Gasteiger partial charge on any atom is 0.264 e. The van der Waals surface area contributed by atoms with Gasteiger partial charge in [0.05, 0.1) is 31.0 Å². The highest BCUT2D eigenvalue weighted by Crippen LogP contribution is 2.32. The number of carbonyl (C=O) groups excluding carboxylic acids is 1. The van der Waals surface area contributed by atoms with Gasteiger partial charge < -0.3 is 14.4 Å². The molecule has 0 saturated carbocycles. The minimum atomic E-state index is -4.12. The number of ether oxygens (including phenoxy) is 2. The van der Waals surface area contributed by atoms with Crippen LogP contribution in [0.1, 0.15) is 5.56 Å². The third kappa shape index (κ3) is 6.30. The number of para-hydroxylation sites is 1. The number of nitrogens with one attached hydrogen (secondary N) is 1. The van der Waals surface area contributed by atoms with Gasteiger partial charge in [0.15, 0.2) is 11.5 Å². The lowest BCUT2D eigenvalue weighted by Gasteiger charge is -2.24. The Morgan fingerprint density at radius 3 is 2.17 bits per heavy atom. The number of sulfonamides is 1. The molecule has 3 aromatic carbocycles. The van der Waals surface area contributed by atoms with Crippen molar-refractivity contribution in [3.63, 3.8) is 0 Å². The number of nitrogens with zero attached hydrogens (tertiary/aromatic N) is 3. The average molecular weight is 497 g/mol. The third-order valence-corrected chi connectivity index (χ3v) is 6.86. The Balaban J connectivity index is 1.82. The predicted molar refractivity (Wildman–Crippen MR) is 137 cm³/mol.